The Balaban J connectivity index is 1.76. The first-order valence-electron chi connectivity index (χ1n) is 14.0. The maximum Gasteiger partial charge on any atom is 0.417 e. The van der Waals surface area contributed by atoms with Gasteiger partial charge in [0.05, 0.1) is 21.9 Å². The molecular formula is C29H38F3N3O5S. The maximum atomic E-state index is 14.3. The van der Waals surface area contributed by atoms with Crippen LogP contribution in [0.1, 0.15) is 87.3 Å². The number of hydrogen-bond acceptors (Lipinski definition) is 4. The van der Waals surface area contributed by atoms with Crippen LogP contribution < -0.4 is 10.0 Å². The standard InChI is InChI=1S/C29H38F3N3O5S/c1-17-22(26(36)33-21-12-20(13-21)27(37)38)15-24(35(17)16-18-8-6-5-7-9-18)19-10-11-25(23(14-19)29(30,31)32)41(39,40)34-28(2,3)4/h10-11,14-15,18,20-21,34H,5-9,12-13,16H2,1-4H3,(H,33,36)(H,37,38). The molecule has 0 atom stereocenters. The molecular weight excluding hydrogens is 559 g/mol. The molecule has 2 aromatic rings. The summed E-state index contributed by atoms with van der Waals surface area (Å²) in [5, 5.41) is 12.0. The minimum atomic E-state index is -4.95. The number of aliphatic carboxylic acids is 1. The monoisotopic (exact) mass is 597 g/mol. The van der Waals surface area contributed by atoms with Crippen LogP contribution >= 0.6 is 0 Å². The van der Waals surface area contributed by atoms with Crippen molar-refractivity contribution in [2.24, 2.45) is 11.8 Å². The lowest BCUT2D eigenvalue weighted by molar-refractivity contribution is -0.145. The fourth-order valence-corrected chi connectivity index (χ4v) is 7.41. The Kier molecular flexibility index (Phi) is 8.67. The maximum absolute atomic E-state index is 14.3. The van der Waals surface area contributed by atoms with Crippen LogP contribution in [0.4, 0.5) is 13.2 Å². The van der Waals surface area contributed by atoms with Gasteiger partial charge >= 0.3 is 12.1 Å². The third kappa shape index (κ3) is 7.14. The molecule has 12 heteroatoms. The number of hydrogen-bond donors (Lipinski definition) is 3. The summed E-state index contributed by atoms with van der Waals surface area (Å²) in [5.41, 5.74) is -0.826. The van der Waals surface area contributed by atoms with Gasteiger partial charge in [-0.05, 0) is 83.1 Å². The molecule has 0 bridgehead atoms. The third-order valence-corrected chi connectivity index (χ3v) is 9.73. The number of nitrogens with one attached hydrogen (secondary N) is 2. The van der Waals surface area contributed by atoms with Crippen molar-refractivity contribution in [3.63, 3.8) is 0 Å². The van der Waals surface area contributed by atoms with Gasteiger partial charge in [0.25, 0.3) is 5.91 Å². The van der Waals surface area contributed by atoms with Gasteiger partial charge in [0.1, 0.15) is 0 Å². The summed E-state index contributed by atoms with van der Waals surface area (Å²) in [4.78, 5) is 23.5. The minimum absolute atomic E-state index is 0.152. The van der Waals surface area contributed by atoms with Crippen LogP contribution in [0.5, 0.6) is 0 Å². The van der Waals surface area contributed by atoms with E-state index in [-0.39, 0.29) is 11.6 Å². The summed E-state index contributed by atoms with van der Waals surface area (Å²) in [6.45, 7) is 6.91. The van der Waals surface area contributed by atoms with Crippen LogP contribution in [0.2, 0.25) is 0 Å². The van der Waals surface area contributed by atoms with Gasteiger partial charge in [-0.15, -0.1) is 0 Å². The topological polar surface area (TPSA) is 118 Å². The van der Waals surface area contributed by atoms with Gasteiger partial charge in [-0.1, -0.05) is 25.3 Å². The van der Waals surface area contributed by atoms with Crippen LogP contribution in [-0.4, -0.2) is 41.5 Å². The summed E-state index contributed by atoms with van der Waals surface area (Å²) in [6.07, 6.45) is 0.901. The number of carbonyl (C=O) groups excluding carboxylic acids is 1. The fraction of sp³-hybridized carbons (Fsp3) is 0.586. The van der Waals surface area contributed by atoms with Crippen LogP contribution in [0.15, 0.2) is 29.2 Å². The third-order valence-electron chi connectivity index (χ3n) is 7.91. The summed E-state index contributed by atoms with van der Waals surface area (Å²) in [6, 6.07) is 4.43. The molecule has 2 aliphatic rings. The predicted octanol–water partition coefficient (Wildman–Crippen LogP) is 5.73. The average molecular weight is 598 g/mol. The molecule has 0 radical (unpaired) electrons. The number of carboxylic acids is 1. The number of carbonyl (C=O) groups is 2. The quantitative estimate of drug-likeness (QED) is 0.359. The Morgan fingerprint density at radius 2 is 1.68 bits per heavy atom. The number of rotatable bonds is 8. The number of aromatic nitrogens is 1. The van der Waals surface area contributed by atoms with Gasteiger partial charge in [-0.3, -0.25) is 9.59 Å². The second-order valence-corrected chi connectivity index (χ2v) is 14.0. The van der Waals surface area contributed by atoms with E-state index in [0.717, 1.165) is 44.2 Å². The molecule has 1 aromatic carbocycles. The Labute approximate surface area is 238 Å². The zero-order valence-electron chi connectivity index (χ0n) is 23.8. The molecule has 0 spiro atoms. The molecule has 2 aliphatic carbocycles. The van der Waals surface area contributed by atoms with Crippen molar-refractivity contribution in [3.05, 3.63) is 41.1 Å². The number of sulfonamides is 1. The van der Waals surface area contributed by atoms with Crippen molar-refractivity contribution in [1.29, 1.82) is 0 Å². The molecule has 226 valence electrons. The van der Waals surface area contributed by atoms with E-state index in [9.17, 15) is 31.2 Å². The molecule has 2 fully saturated rings. The molecule has 0 saturated heterocycles. The highest BCUT2D eigenvalue weighted by Gasteiger charge is 2.39. The molecule has 41 heavy (non-hydrogen) atoms. The van der Waals surface area contributed by atoms with Crippen LogP contribution in [0.25, 0.3) is 11.3 Å². The lowest BCUT2D eigenvalue weighted by atomic mass is 9.80. The summed E-state index contributed by atoms with van der Waals surface area (Å²) >= 11 is 0. The average Bonchev–Trinajstić information content (AvgIpc) is 3.15. The van der Waals surface area contributed by atoms with Crippen molar-refractivity contribution in [1.82, 2.24) is 14.6 Å². The molecule has 3 N–H and O–H groups in total. The zero-order valence-corrected chi connectivity index (χ0v) is 24.6. The molecule has 1 aromatic heterocycles. The predicted molar refractivity (Wildman–Crippen MR) is 148 cm³/mol. The lowest BCUT2D eigenvalue weighted by Gasteiger charge is -2.32. The highest BCUT2D eigenvalue weighted by molar-refractivity contribution is 7.89. The van der Waals surface area contributed by atoms with E-state index in [1.54, 1.807) is 33.8 Å². The summed E-state index contributed by atoms with van der Waals surface area (Å²) in [7, 11) is -4.48. The second-order valence-electron chi connectivity index (χ2n) is 12.4. The lowest BCUT2D eigenvalue weighted by Crippen LogP contribution is -2.46. The van der Waals surface area contributed by atoms with Crippen molar-refractivity contribution in [3.8, 4) is 11.3 Å². The number of amides is 1. The SMILES string of the molecule is Cc1c(C(=O)NC2CC(C(=O)O)C2)cc(-c2ccc(S(=O)(=O)NC(C)(C)C)c(C(F)(F)F)c2)n1CC1CCCCC1. The van der Waals surface area contributed by atoms with Crippen molar-refractivity contribution in [2.45, 2.75) is 102 Å². The van der Waals surface area contributed by atoms with E-state index < -0.39 is 50.0 Å². The number of carboxylic acid groups (broad SMARTS) is 1. The first-order chi connectivity index (χ1) is 19.0. The van der Waals surface area contributed by atoms with Crippen LogP contribution in [0, 0.1) is 18.8 Å². The Bertz CT molecular complexity index is 1410. The minimum Gasteiger partial charge on any atom is -0.481 e. The molecule has 1 amide bonds. The van der Waals surface area contributed by atoms with Gasteiger partial charge < -0.3 is 15.0 Å². The largest absolute Gasteiger partial charge is 0.481 e. The van der Waals surface area contributed by atoms with Crippen molar-refractivity contribution in [2.75, 3.05) is 0 Å². The summed E-state index contributed by atoms with van der Waals surface area (Å²) < 4.78 is 72.8. The number of halogens is 3. The van der Waals surface area contributed by atoms with E-state index in [0.29, 0.717) is 42.3 Å². The molecule has 4 rings (SSSR count). The van der Waals surface area contributed by atoms with E-state index in [4.69, 9.17) is 5.11 Å². The molecule has 8 nitrogen and oxygen atoms in total. The fourth-order valence-electron chi connectivity index (χ4n) is 5.78. The first kappa shape index (κ1) is 31.1. The van der Waals surface area contributed by atoms with Gasteiger partial charge in [0.2, 0.25) is 10.0 Å². The number of alkyl halides is 3. The van der Waals surface area contributed by atoms with E-state index in [2.05, 4.69) is 10.0 Å². The highest BCUT2D eigenvalue weighted by atomic mass is 32.2. The van der Waals surface area contributed by atoms with Crippen LogP contribution in [-0.2, 0) is 27.5 Å². The van der Waals surface area contributed by atoms with Crippen molar-refractivity contribution >= 4 is 21.9 Å². The smallest absolute Gasteiger partial charge is 0.417 e. The van der Waals surface area contributed by atoms with Crippen molar-refractivity contribution < 1.29 is 36.3 Å². The van der Waals surface area contributed by atoms with Gasteiger partial charge in [0, 0.05) is 29.5 Å². The van der Waals surface area contributed by atoms with E-state index in [1.165, 1.54) is 6.07 Å². The van der Waals surface area contributed by atoms with E-state index >= 15 is 0 Å². The van der Waals surface area contributed by atoms with Gasteiger partial charge in [-0.25, -0.2) is 13.1 Å². The van der Waals surface area contributed by atoms with Gasteiger partial charge in [0.15, 0.2) is 0 Å². The molecule has 1 heterocycles. The first-order valence-corrected chi connectivity index (χ1v) is 15.4. The van der Waals surface area contributed by atoms with E-state index in [1.807, 2.05) is 4.57 Å². The molecule has 0 unspecified atom stereocenters. The van der Waals surface area contributed by atoms with Gasteiger partial charge in [-0.2, -0.15) is 13.2 Å². The highest BCUT2D eigenvalue weighted by Crippen LogP contribution is 2.39. The summed E-state index contributed by atoms with van der Waals surface area (Å²) in [5.74, 6) is -1.53. The normalized spacial score (nSPS) is 20.5. The Hall–Kier alpha value is -2.86. The van der Waals surface area contributed by atoms with Crippen LogP contribution in [0.3, 0.4) is 0 Å². The Morgan fingerprint density at radius 1 is 1.05 bits per heavy atom. The molecule has 0 aliphatic heterocycles. The Morgan fingerprint density at radius 3 is 2.24 bits per heavy atom. The number of nitrogens with zero attached hydrogens (tertiary/aromatic N) is 1. The zero-order chi connectivity index (χ0) is 30.3. The molecule has 2 saturated carbocycles. The number of benzene rings is 1. The second kappa shape index (κ2) is 11.4.